The summed E-state index contributed by atoms with van der Waals surface area (Å²) in [6.07, 6.45) is 3.34. The van der Waals surface area contributed by atoms with Gasteiger partial charge in [-0.05, 0) is 69.6 Å². The van der Waals surface area contributed by atoms with E-state index in [0.717, 1.165) is 39.8 Å². The van der Waals surface area contributed by atoms with Crippen LogP contribution in [0.1, 0.15) is 17.5 Å². The molecule has 0 fully saturated rings. The molecule has 2 N–H and O–H groups in total. The third-order valence-corrected chi connectivity index (χ3v) is 6.00. The smallest absolute Gasteiger partial charge is 0.303 e. The van der Waals surface area contributed by atoms with Gasteiger partial charge in [-0.15, -0.1) is 0 Å². The molecule has 0 aliphatic heterocycles. The van der Waals surface area contributed by atoms with E-state index in [2.05, 4.69) is 71.7 Å². The highest BCUT2D eigenvalue weighted by Gasteiger charge is 2.11. The molecule has 5 rings (SSSR count). The average Bonchev–Trinajstić information content (AvgIpc) is 3.31. The van der Waals surface area contributed by atoms with Gasteiger partial charge in [-0.2, -0.15) is 0 Å². The number of aromatic amines is 1. The highest BCUT2D eigenvalue weighted by atomic mass is 16.5. The van der Waals surface area contributed by atoms with E-state index < -0.39 is 5.97 Å². The van der Waals surface area contributed by atoms with E-state index in [4.69, 9.17) is 9.84 Å². The van der Waals surface area contributed by atoms with Crippen molar-refractivity contribution in [1.29, 1.82) is 0 Å². The number of hydrogen-bond donors (Lipinski definition) is 2. The summed E-state index contributed by atoms with van der Waals surface area (Å²) >= 11 is 0. The zero-order valence-corrected chi connectivity index (χ0v) is 18.3. The van der Waals surface area contributed by atoms with Crippen molar-refractivity contribution in [2.45, 2.75) is 19.3 Å². The first kappa shape index (κ1) is 20.8. The lowest BCUT2D eigenvalue weighted by atomic mass is 9.98. The van der Waals surface area contributed by atoms with Crippen molar-refractivity contribution in [3.63, 3.8) is 0 Å². The number of carboxylic acids is 1. The molecule has 4 nitrogen and oxygen atoms in total. The van der Waals surface area contributed by atoms with Crippen molar-refractivity contribution in [3.8, 4) is 16.9 Å². The van der Waals surface area contributed by atoms with Gasteiger partial charge >= 0.3 is 5.97 Å². The third-order valence-electron chi connectivity index (χ3n) is 6.00. The van der Waals surface area contributed by atoms with Gasteiger partial charge in [0.2, 0.25) is 0 Å². The quantitative estimate of drug-likeness (QED) is 0.288. The van der Waals surface area contributed by atoms with Crippen molar-refractivity contribution >= 4 is 27.6 Å². The summed E-state index contributed by atoms with van der Waals surface area (Å²) in [7, 11) is 0. The Morgan fingerprint density at radius 1 is 0.788 bits per heavy atom. The van der Waals surface area contributed by atoms with Crippen LogP contribution in [0.3, 0.4) is 0 Å². The zero-order chi connectivity index (χ0) is 22.6. The molecule has 0 bridgehead atoms. The molecule has 0 radical (unpaired) electrons. The second kappa shape index (κ2) is 9.21. The van der Waals surface area contributed by atoms with Gasteiger partial charge in [0, 0.05) is 30.1 Å². The SMILES string of the molecule is O=C(O)CCc1ccc(OCCc2ccc3ccccc3c2)c(-c2ccc3[nH]ccc3c2)c1. The van der Waals surface area contributed by atoms with Crippen LogP contribution in [0, 0.1) is 0 Å². The van der Waals surface area contributed by atoms with Crippen LogP contribution in [0.4, 0.5) is 0 Å². The number of carbonyl (C=O) groups is 1. The normalized spacial score (nSPS) is 11.2. The minimum Gasteiger partial charge on any atom is -0.493 e. The number of nitrogens with one attached hydrogen (secondary N) is 1. The van der Waals surface area contributed by atoms with Crippen LogP contribution >= 0.6 is 0 Å². The first-order valence-electron chi connectivity index (χ1n) is 11.2. The summed E-state index contributed by atoms with van der Waals surface area (Å²) in [4.78, 5) is 14.3. The molecule has 1 aromatic heterocycles. The molecule has 0 amide bonds. The predicted octanol–water partition coefficient (Wildman–Crippen LogP) is 6.63. The lowest BCUT2D eigenvalue weighted by Gasteiger charge is -2.14. The maximum absolute atomic E-state index is 11.0. The van der Waals surface area contributed by atoms with Crippen LogP contribution in [0.5, 0.6) is 5.75 Å². The number of benzene rings is 4. The van der Waals surface area contributed by atoms with Crippen LogP contribution in [0.15, 0.2) is 91.1 Å². The van der Waals surface area contributed by atoms with E-state index in [1.54, 1.807) is 0 Å². The van der Waals surface area contributed by atoms with Crippen molar-refractivity contribution in [3.05, 3.63) is 102 Å². The summed E-state index contributed by atoms with van der Waals surface area (Å²) in [5, 5.41) is 12.7. The molecule has 0 saturated heterocycles. The second-order valence-corrected chi connectivity index (χ2v) is 8.28. The van der Waals surface area contributed by atoms with E-state index in [9.17, 15) is 4.79 Å². The molecule has 164 valence electrons. The van der Waals surface area contributed by atoms with Crippen LogP contribution in [0.25, 0.3) is 32.8 Å². The molecule has 4 aromatic carbocycles. The number of aryl methyl sites for hydroxylation is 1. The lowest BCUT2D eigenvalue weighted by molar-refractivity contribution is -0.136. The van der Waals surface area contributed by atoms with E-state index in [1.165, 1.54) is 16.3 Å². The summed E-state index contributed by atoms with van der Waals surface area (Å²) in [6.45, 7) is 0.562. The number of H-pyrrole nitrogens is 1. The first-order valence-corrected chi connectivity index (χ1v) is 11.2. The van der Waals surface area contributed by atoms with E-state index >= 15 is 0 Å². The molecule has 1 heterocycles. The molecule has 4 heteroatoms. The van der Waals surface area contributed by atoms with Gasteiger partial charge in [-0.1, -0.05) is 54.6 Å². The largest absolute Gasteiger partial charge is 0.493 e. The van der Waals surface area contributed by atoms with Crippen molar-refractivity contribution in [1.82, 2.24) is 4.98 Å². The monoisotopic (exact) mass is 435 g/mol. The van der Waals surface area contributed by atoms with Crippen LogP contribution in [-0.4, -0.2) is 22.7 Å². The Morgan fingerprint density at radius 2 is 1.61 bits per heavy atom. The summed E-state index contributed by atoms with van der Waals surface area (Å²) in [6, 6.07) is 29.2. The Labute approximate surface area is 192 Å². The maximum atomic E-state index is 11.0. The topological polar surface area (TPSA) is 62.3 Å². The fourth-order valence-corrected chi connectivity index (χ4v) is 4.23. The molecule has 0 spiro atoms. The lowest BCUT2D eigenvalue weighted by Crippen LogP contribution is -2.03. The van der Waals surface area contributed by atoms with Gasteiger partial charge in [0.05, 0.1) is 6.61 Å². The maximum Gasteiger partial charge on any atom is 0.303 e. The Balaban J connectivity index is 1.39. The van der Waals surface area contributed by atoms with Gasteiger partial charge in [-0.3, -0.25) is 4.79 Å². The van der Waals surface area contributed by atoms with Gasteiger partial charge in [0.25, 0.3) is 0 Å². The number of aromatic nitrogens is 1. The van der Waals surface area contributed by atoms with E-state index in [-0.39, 0.29) is 6.42 Å². The Bertz CT molecular complexity index is 1430. The molecule has 0 atom stereocenters. The number of aliphatic carboxylic acids is 1. The molecule has 0 aliphatic carbocycles. The highest BCUT2D eigenvalue weighted by Crippen LogP contribution is 2.33. The molecule has 0 aliphatic rings. The fraction of sp³-hybridized carbons (Fsp3) is 0.138. The van der Waals surface area contributed by atoms with Crippen LogP contribution < -0.4 is 4.74 Å². The number of carboxylic acid groups (broad SMARTS) is 1. The van der Waals surface area contributed by atoms with Gasteiger partial charge in [-0.25, -0.2) is 0 Å². The number of fused-ring (bicyclic) bond motifs is 2. The van der Waals surface area contributed by atoms with E-state index in [1.807, 2.05) is 24.4 Å². The standard InChI is InChI=1S/C29H25NO3/c31-29(32)12-7-20-6-11-28(26(18-20)24-9-10-27-25(19-24)13-15-30-27)33-16-14-21-5-8-22-3-1-2-4-23(22)17-21/h1-6,8-11,13,15,17-19,30H,7,12,14,16H2,(H,31,32). The van der Waals surface area contributed by atoms with Crippen molar-refractivity contribution < 1.29 is 14.6 Å². The summed E-state index contributed by atoms with van der Waals surface area (Å²) < 4.78 is 6.26. The second-order valence-electron chi connectivity index (χ2n) is 8.28. The third kappa shape index (κ3) is 4.75. The highest BCUT2D eigenvalue weighted by molar-refractivity contribution is 5.86. The predicted molar refractivity (Wildman–Crippen MR) is 133 cm³/mol. The minimum absolute atomic E-state index is 0.110. The van der Waals surface area contributed by atoms with Crippen LogP contribution in [0.2, 0.25) is 0 Å². The Kier molecular flexibility index (Phi) is 5.81. The average molecular weight is 436 g/mol. The Hall–Kier alpha value is -4.05. The molecular weight excluding hydrogens is 410 g/mol. The zero-order valence-electron chi connectivity index (χ0n) is 18.3. The van der Waals surface area contributed by atoms with Gasteiger partial charge < -0.3 is 14.8 Å². The van der Waals surface area contributed by atoms with Crippen molar-refractivity contribution in [2.75, 3.05) is 6.61 Å². The molecule has 33 heavy (non-hydrogen) atoms. The Morgan fingerprint density at radius 3 is 2.48 bits per heavy atom. The van der Waals surface area contributed by atoms with Gasteiger partial charge in [0.15, 0.2) is 0 Å². The van der Waals surface area contributed by atoms with Crippen LogP contribution in [-0.2, 0) is 17.6 Å². The number of ether oxygens (including phenoxy) is 1. The minimum atomic E-state index is -0.791. The van der Waals surface area contributed by atoms with E-state index in [0.29, 0.717) is 13.0 Å². The van der Waals surface area contributed by atoms with Crippen molar-refractivity contribution in [2.24, 2.45) is 0 Å². The van der Waals surface area contributed by atoms with Gasteiger partial charge in [0.1, 0.15) is 5.75 Å². The number of rotatable bonds is 8. The summed E-state index contributed by atoms with van der Waals surface area (Å²) in [5.41, 5.74) is 5.35. The molecule has 5 aromatic rings. The summed E-state index contributed by atoms with van der Waals surface area (Å²) in [5.74, 6) is 0.0192. The molecule has 0 saturated carbocycles. The first-order chi connectivity index (χ1) is 16.2. The molecule has 0 unspecified atom stereocenters. The molecular formula is C29H25NO3. The number of hydrogen-bond acceptors (Lipinski definition) is 2. The fourth-order valence-electron chi connectivity index (χ4n) is 4.23.